The van der Waals surface area contributed by atoms with Crippen LogP contribution < -0.4 is 25.1 Å². The number of ether oxygens (including phenoxy) is 1. The van der Waals surface area contributed by atoms with Crippen LogP contribution in [0.3, 0.4) is 0 Å². The SMILES string of the molecule is CNS(=O)(=O)Nc1cccc(Oc2c(C(=O)N3CCC3)c(Nc3ccc(I)cc3F)n(C)c(=O)c2C)c1Cl. The number of anilines is 3. The summed E-state index contributed by atoms with van der Waals surface area (Å²) in [5.41, 5.74) is -0.275. The maximum absolute atomic E-state index is 14.8. The second-order valence-electron chi connectivity index (χ2n) is 8.47. The molecule has 0 saturated carbocycles. The van der Waals surface area contributed by atoms with Crippen molar-refractivity contribution in [1.29, 1.82) is 0 Å². The molecule has 0 unspecified atom stereocenters. The number of hydrogen-bond acceptors (Lipinski definition) is 6. The van der Waals surface area contributed by atoms with Gasteiger partial charge in [0, 0.05) is 30.8 Å². The normalized spacial score (nSPS) is 13.2. The van der Waals surface area contributed by atoms with E-state index in [-0.39, 0.29) is 44.8 Å². The number of carbonyl (C=O) groups excluding carboxylic acids is 1. The highest BCUT2D eigenvalue weighted by Crippen LogP contribution is 2.40. The molecule has 1 aromatic heterocycles. The van der Waals surface area contributed by atoms with Gasteiger partial charge in [0.25, 0.3) is 21.7 Å². The Balaban J connectivity index is 1.89. The highest BCUT2D eigenvalue weighted by atomic mass is 127. The van der Waals surface area contributed by atoms with Gasteiger partial charge in [0.05, 0.1) is 16.9 Å². The molecule has 0 radical (unpaired) electrons. The summed E-state index contributed by atoms with van der Waals surface area (Å²) in [7, 11) is -1.18. The predicted octanol–water partition coefficient (Wildman–Crippen LogP) is 4.35. The van der Waals surface area contributed by atoms with Gasteiger partial charge in [0.2, 0.25) is 0 Å². The predicted molar refractivity (Wildman–Crippen MR) is 152 cm³/mol. The summed E-state index contributed by atoms with van der Waals surface area (Å²) < 4.78 is 51.1. The maximum atomic E-state index is 14.8. The summed E-state index contributed by atoms with van der Waals surface area (Å²) in [5.74, 6) is -1.02. The number of likely N-dealkylation sites (tertiary alicyclic amines) is 1. The Bertz CT molecular complexity index is 1590. The Morgan fingerprint density at radius 3 is 2.50 bits per heavy atom. The van der Waals surface area contributed by atoms with E-state index in [1.54, 1.807) is 11.0 Å². The van der Waals surface area contributed by atoms with Crippen LogP contribution in [-0.2, 0) is 17.3 Å². The Hall–Kier alpha value is -2.88. The van der Waals surface area contributed by atoms with Gasteiger partial charge in [-0.25, -0.2) is 9.11 Å². The second kappa shape index (κ2) is 11.1. The highest BCUT2D eigenvalue weighted by Gasteiger charge is 2.32. The summed E-state index contributed by atoms with van der Waals surface area (Å²) in [6.07, 6.45) is 0.820. The average molecular weight is 676 g/mol. The molecule has 1 aliphatic rings. The molecule has 10 nitrogen and oxygen atoms in total. The Labute approximate surface area is 237 Å². The minimum atomic E-state index is -3.88. The number of aromatic nitrogens is 1. The number of hydrogen-bond donors (Lipinski definition) is 3. The molecular formula is C24H24ClFIN5O5S. The first kappa shape index (κ1) is 28.1. The maximum Gasteiger partial charge on any atom is 0.298 e. The lowest BCUT2D eigenvalue weighted by atomic mass is 10.1. The molecule has 2 heterocycles. The fourth-order valence-corrected chi connectivity index (χ4v) is 5.04. The van der Waals surface area contributed by atoms with E-state index >= 15 is 0 Å². The first-order valence-electron chi connectivity index (χ1n) is 11.4. The van der Waals surface area contributed by atoms with Crippen molar-refractivity contribution in [3.63, 3.8) is 0 Å². The van der Waals surface area contributed by atoms with Crippen LogP contribution in [0.5, 0.6) is 11.5 Å². The molecule has 14 heteroatoms. The molecule has 0 atom stereocenters. The van der Waals surface area contributed by atoms with Crippen molar-refractivity contribution in [2.75, 3.05) is 30.2 Å². The van der Waals surface area contributed by atoms with Crippen LogP contribution in [0.25, 0.3) is 0 Å². The molecule has 2 aromatic carbocycles. The average Bonchev–Trinajstić information content (AvgIpc) is 2.83. The van der Waals surface area contributed by atoms with Crippen LogP contribution >= 0.6 is 34.2 Å². The number of benzene rings is 2. The van der Waals surface area contributed by atoms with Gasteiger partial charge in [-0.2, -0.15) is 8.42 Å². The first-order chi connectivity index (χ1) is 17.9. The van der Waals surface area contributed by atoms with Crippen LogP contribution in [-0.4, -0.2) is 43.9 Å². The molecule has 3 aromatic rings. The smallest absolute Gasteiger partial charge is 0.298 e. The monoisotopic (exact) mass is 675 g/mol. The summed E-state index contributed by atoms with van der Waals surface area (Å²) in [6.45, 7) is 2.53. The minimum absolute atomic E-state index is 0.00313. The number of nitrogens with zero attached hydrogens (tertiary/aromatic N) is 2. The first-order valence-corrected chi connectivity index (χ1v) is 14.3. The molecule has 4 rings (SSSR count). The lowest BCUT2D eigenvalue weighted by Gasteiger charge is -2.32. The zero-order valence-corrected chi connectivity index (χ0v) is 24.3. The van der Waals surface area contributed by atoms with E-state index in [0.717, 1.165) is 6.42 Å². The number of halogens is 3. The fraction of sp³-hybridized carbons (Fsp3) is 0.250. The van der Waals surface area contributed by atoms with Crippen molar-refractivity contribution in [3.05, 3.63) is 72.3 Å². The number of pyridine rings is 1. The molecule has 1 fully saturated rings. The highest BCUT2D eigenvalue weighted by molar-refractivity contribution is 14.1. The largest absolute Gasteiger partial charge is 0.454 e. The van der Waals surface area contributed by atoms with E-state index in [9.17, 15) is 22.4 Å². The molecule has 1 amide bonds. The molecule has 0 aliphatic carbocycles. The van der Waals surface area contributed by atoms with E-state index in [4.69, 9.17) is 16.3 Å². The van der Waals surface area contributed by atoms with Gasteiger partial charge in [0.1, 0.15) is 28.0 Å². The Morgan fingerprint density at radius 1 is 1.18 bits per heavy atom. The van der Waals surface area contributed by atoms with Crippen molar-refractivity contribution >= 4 is 67.5 Å². The molecule has 202 valence electrons. The summed E-state index contributed by atoms with van der Waals surface area (Å²) in [6, 6.07) is 8.92. The number of rotatable bonds is 8. The van der Waals surface area contributed by atoms with E-state index < -0.39 is 27.5 Å². The summed E-state index contributed by atoms with van der Waals surface area (Å²) >= 11 is 8.44. The second-order valence-corrected chi connectivity index (χ2v) is 11.7. The van der Waals surface area contributed by atoms with E-state index in [2.05, 4.69) is 14.8 Å². The van der Waals surface area contributed by atoms with Gasteiger partial charge in [-0.15, -0.1) is 0 Å². The molecule has 38 heavy (non-hydrogen) atoms. The van der Waals surface area contributed by atoms with Crippen molar-refractivity contribution < 1.29 is 22.3 Å². The van der Waals surface area contributed by atoms with Gasteiger partial charge in [-0.1, -0.05) is 17.7 Å². The van der Waals surface area contributed by atoms with Crippen LogP contribution in [0.15, 0.2) is 41.2 Å². The zero-order chi connectivity index (χ0) is 27.8. The van der Waals surface area contributed by atoms with Gasteiger partial charge in [-0.05, 0) is 66.3 Å². The third-order valence-electron chi connectivity index (χ3n) is 6.00. The van der Waals surface area contributed by atoms with E-state index in [1.165, 1.54) is 55.9 Å². The summed E-state index contributed by atoms with van der Waals surface area (Å²) in [5, 5.41) is 2.81. The third kappa shape index (κ3) is 5.60. The molecule has 0 bridgehead atoms. The topological polar surface area (TPSA) is 122 Å². The fourth-order valence-electron chi connectivity index (χ4n) is 3.76. The minimum Gasteiger partial charge on any atom is -0.454 e. The number of carbonyl (C=O) groups is 1. The van der Waals surface area contributed by atoms with Crippen LogP contribution in [0, 0.1) is 16.3 Å². The Kier molecular flexibility index (Phi) is 8.20. The van der Waals surface area contributed by atoms with Gasteiger partial charge < -0.3 is 15.0 Å². The zero-order valence-electron chi connectivity index (χ0n) is 20.6. The molecule has 0 spiro atoms. The van der Waals surface area contributed by atoms with Crippen molar-refractivity contribution in [2.24, 2.45) is 7.05 Å². The Morgan fingerprint density at radius 2 is 1.89 bits per heavy atom. The molecule has 3 N–H and O–H groups in total. The van der Waals surface area contributed by atoms with Crippen LogP contribution in [0.4, 0.5) is 21.6 Å². The standard InChI is InChI=1S/C24H24ClFIN5O5S/c1-13-21(37-18-7-4-6-17(20(18)25)30-38(35,36)28-2)19(24(34)32-10-5-11-32)22(31(3)23(13)33)29-16-9-8-14(27)12-15(16)26/h4,6-9,12,28-30H,5,10-11H2,1-3H3. The molecule has 1 aliphatic heterocycles. The molecule has 1 saturated heterocycles. The van der Waals surface area contributed by atoms with E-state index in [1.807, 2.05) is 22.6 Å². The van der Waals surface area contributed by atoms with Crippen LogP contribution in [0.1, 0.15) is 22.3 Å². The van der Waals surface area contributed by atoms with Gasteiger partial charge in [0.15, 0.2) is 5.75 Å². The lowest BCUT2D eigenvalue weighted by molar-refractivity contribution is 0.0649. The number of amides is 1. The van der Waals surface area contributed by atoms with Gasteiger partial charge >= 0.3 is 0 Å². The van der Waals surface area contributed by atoms with Gasteiger partial charge in [-0.3, -0.25) is 18.9 Å². The summed E-state index contributed by atoms with van der Waals surface area (Å²) in [4.78, 5) is 28.5. The third-order valence-corrected chi connectivity index (χ3v) is 8.08. The number of nitrogens with one attached hydrogen (secondary N) is 3. The van der Waals surface area contributed by atoms with Crippen LogP contribution in [0.2, 0.25) is 5.02 Å². The lowest BCUT2D eigenvalue weighted by Crippen LogP contribution is -2.43. The van der Waals surface area contributed by atoms with Crippen molar-refractivity contribution in [2.45, 2.75) is 13.3 Å². The quantitative estimate of drug-likeness (QED) is 0.306. The van der Waals surface area contributed by atoms with Crippen molar-refractivity contribution in [3.8, 4) is 11.5 Å². The van der Waals surface area contributed by atoms with E-state index in [0.29, 0.717) is 16.7 Å². The van der Waals surface area contributed by atoms with Crippen molar-refractivity contribution in [1.82, 2.24) is 14.2 Å². The molecular weight excluding hydrogens is 652 g/mol.